The Morgan fingerprint density at radius 2 is 1.93 bits per heavy atom. The zero-order chi connectivity index (χ0) is 21.1. The van der Waals surface area contributed by atoms with Gasteiger partial charge in [0.2, 0.25) is 0 Å². The molecule has 0 unspecified atom stereocenters. The van der Waals surface area contributed by atoms with E-state index < -0.39 is 10.8 Å². The summed E-state index contributed by atoms with van der Waals surface area (Å²) in [7, 11) is 3.82. The molecular formula is C20H22Cl2N4O3S. The maximum absolute atomic E-state index is 13.3. The minimum absolute atomic E-state index is 0. The fourth-order valence-electron chi connectivity index (χ4n) is 2.81. The number of aromatic nitrogens is 1. The van der Waals surface area contributed by atoms with Crippen LogP contribution < -0.4 is 4.90 Å². The van der Waals surface area contributed by atoms with Crippen molar-refractivity contribution in [2.75, 3.05) is 32.1 Å². The van der Waals surface area contributed by atoms with Gasteiger partial charge in [0, 0.05) is 25.2 Å². The summed E-state index contributed by atoms with van der Waals surface area (Å²) in [5.41, 5.74) is 1.92. The number of amides is 1. The quantitative estimate of drug-likeness (QED) is 0.357. The number of aryl methyl sites for hydroxylation is 1. The maximum Gasteiger partial charge on any atom is 0.270 e. The van der Waals surface area contributed by atoms with Crippen molar-refractivity contribution in [1.82, 2.24) is 9.88 Å². The summed E-state index contributed by atoms with van der Waals surface area (Å²) in [6.45, 7) is 3.07. The Balaban J connectivity index is 0.00000320. The Hall–Kier alpha value is -2.26. The SMILES string of the molecule is CCc1ccc2nc(N(CCN(C)C)C(=O)c3cc([N+](=O)[O-])ccc3Cl)sc2c1.Cl. The third-order valence-electron chi connectivity index (χ3n) is 4.49. The third-order valence-corrected chi connectivity index (χ3v) is 5.86. The van der Waals surface area contributed by atoms with Gasteiger partial charge in [0.1, 0.15) is 0 Å². The van der Waals surface area contributed by atoms with Crippen LogP contribution in [-0.4, -0.2) is 47.9 Å². The fraction of sp³-hybridized carbons (Fsp3) is 0.300. The van der Waals surface area contributed by atoms with Crippen molar-refractivity contribution in [3.8, 4) is 0 Å². The summed E-state index contributed by atoms with van der Waals surface area (Å²) >= 11 is 7.64. The Labute approximate surface area is 189 Å². The lowest BCUT2D eigenvalue weighted by molar-refractivity contribution is -0.384. The minimum atomic E-state index is -0.540. The summed E-state index contributed by atoms with van der Waals surface area (Å²) in [6.07, 6.45) is 0.912. The number of nitrogens with zero attached hydrogens (tertiary/aromatic N) is 4. The highest BCUT2D eigenvalue weighted by Crippen LogP contribution is 2.32. The summed E-state index contributed by atoms with van der Waals surface area (Å²) in [4.78, 5) is 32.0. The highest BCUT2D eigenvalue weighted by atomic mass is 35.5. The monoisotopic (exact) mass is 468 g/mol. The average molecular weight is 469 g/mol. The number of likely N-dealkylation sites (N-methyl/N-ethyl adjacent to an activating group) is 1. The molecule has 1 aromatic heterocycles. The van der Waals surface area contributed by atoms with E-state index in [1.54, 1.807) is 4.90 Å². The second kappa shape index (κ2) is 10.2. The molecule has 0 spiro atoms. The van der Waals surface area contributed by atoms with Crippen molar-refractivity contribution in [2.45, 2.75) is 13.3 Å². The molecule has 2 aromatic carbocycles. The molecule has 0 aliphatic carbocycles. The van der Waals surface area contributed by atoms with Crippen LogP contribution in [0.4, 0.5) is 10.8 Å². The molecule has 0 saturated carbocycles. The number of nitro benzene ring substituents is 1. The molecule has 10 heteroatoms. The van der Waals surface area contributed by atoms with Gasteiger partial charge in [0.05, 0.1) is 25.7 Å². The molecule has 160 valence electrons. The Bertz CT molecular complexity index is 1070. The maximum atomic E-state index is 13.3. The Morgan fingerprint density at radius 3 is 2.57 bits per heavy atom. The van der Waals surface area contributed by atoms with Gasteiger partial charge in [-0.25, -0.2) is 4.98 Å². The predicted molar refractivity (Wildman–Crippen MR) is 125 cm³/mol. The number of benzene rings is 2. The molecule has 0 atom stereocenters. The van der Waals surface area contributed by atoms with Crippen molar-refractivity contribution >= 4 is 62.3 Å². The van der Waals surface area contributed by atoms with Crippen LogP contribution in [0.1, 0.15) is 22.8 Å². The molecule has 0 fully saturated rings. The number of halogens is 2. The van der Waals surface area contributed by atoms with E-state index >= 15 is 0 Å². The molecule has 1 amide bonds. The van der Waals surface area contributed by atoms with Crippen LogP contribution in [0.3, 0.4) is 0 Å². The standard InChI is InChI=1S/C20H21ClN4O3S.ClH/c1-4-13-5-8-17-18(11-13)29-20(22-17)24(10-9-23(2)3)19(26)15-12-14(25(27)28)6-7-16(15)21;/h5-8,11-12H,4,9-10H2,1-3H3;1H. The zero-order valence-corrected chi connectivity index (χ0v) is 19.2. The molecule has 0 N–H and O–H groups in total. The van der Waals surface area contributed by atoms with Crippen LogP contribution in [0.15, 0.2) is 36.4 Å². The molecule has 0 aliphatic heterocycles. The number of carbonyl (C=O) groups excluding carboxylic acids is 1. The Kier molecular flexibility index (Phi) is 8.14. The minimum Gasteiger partial charge on any atom is -0.308 e. The number of carbonyl (C=O) groups is 1. The van der Waals surface area contributed by atoms with Gasteiger partial charge in [-0.1, -0.05) is 35.9 Å². The van der Waals surface area contributed by atoms with E-state index in [-0.39, 0.29) is 28.7 Å². The number of nitro groups is 1. The summed E-state index contributed by atoms with van der Waals surface area (Å²) < 4.78 is 0.993. The average Bonchev–Trinajstić information content (AvgIpc) is 3.10. The lowest BCUT2D eigenvalue weighted by atomic mass is 10.1. The number of rotatable bonds is 7. The summed E-state index contributed by atoms with van der Waals surface area (Å²) in [6, 6.07) is 9.93. The Morgan fingerprint density at radius 1 is 1.20 bits per heavy atom. The molecule has 30 heavy (non-hydrogen) atoms. The second-order valence-corrected chi connectivity index (χ2v) is 8.25. The van der Waals surface area contributed by atoms with Crippen LogP contribution in [0.5, 0.6) is 0 Å². The van der Waals surface area contributed by atoms with Gasteiger partial charge in [-0.2, -0.15) is 0 Å². The molecular weight excluding hydrogens is 447 g/mol. The number of anilines is 1. The number of thiazole rings is 1. The molecule has 0 radical (unpaired) electrons. The van der Waals surface area contributed by atoms with Gasteiger partial charge in [-0.05, 0) is 44.3 Å². The van der Waals surface area contributed by atoms with Gasteiger partial charge in [-0.15, -0.1) is 12.4 Å². The van der Waals surface area contributed by atoms with Gasteiger partial charge in [0.25, 0.3) is 11.6 Å². The molecule has 3 rings (SSSR count). The first-order chi connectivity index (χ1) is 13.8. The molecule has 1 heterocycles. The molecule has 3 aromatic rings. The van der Waals surface area contributed by atoms with Crippen molar-refractivity contribution in [1.29, 1.82) is 0 Å². The summed E-state index contributed by atoms with van der Waals surface area (Å²) in [5, 5.41) is 11.9. The molecule has 0 saturated heterocycles. The van der Waals surface area contributed by atoms with E-state index in [0.29, 0.717) is 18.2 Å². The lowest BCUT2D eigenvalue weighted by Gasteiger charge is -2.22. The number of non-ortho nitro benzene ring substituents is 1. The van der Waals surface area contributed by atoms with Crippen molar-refractivity contribution in [3.63, 3.8) is 0 Å². The van der Waals surface area contributed by atoms with E-state index in [1.165, 1.54) is 35.1 Å². The smallest absolute Gasteiger partial charge is 0.270 e. The molecule has 0 bridgehead atoms. The van der Waals surface area contributed by atoms with Gasteiger partial charge in [-0.3, -0.25) is 19.8 Å². The van der Waals surface area contributed by atoms with Gasteiger partial charge in [0.15, 0.2) is 5.13 Å². The largest absolute Gasteiger partial charge is 0.308 e. The second-order valence-electron chi connectivity index (χ2n) is 6.83. The van der Waals surface area contributed by atoms with Crippen molar-refractivity contribution < 1.29 is 9.72 Å². The zero-order valence-electron chi connectivity index (χ0n) is 16.8. The lowest BCUT2D eigenvalue weighted by Crippen LogP contribution is -2.37. The van der Waals surface area contributed by atoms with Gasteiger partial charge >= 0.3 is 0 Å². The van der Waals surface area contributed by atoms with Gasteiger partial charge < -0.3 is 4.90 Å². The first-order valence-electron chi connectivity index (χ1n) is 9.10. The highest BCUT2D eigenvalue weighted by molar-refractivity contribution is 7.22. The molecule has 7 nitrogen and oxygen atoms in total. The number of fused-ring (bicyclic) bond motifs is 1. The van der Waals surface area contributed by atoms with Crippen LogP contribution in [-0.2, 0) is 6.42 Å². The van der Waals surface area contributed by atoms with Crippen LogP contribution in [0, 0.1) is 10.1 Å². The highest BCUT2D eigenvalue weighted by Gasteiger charge is 2.25. The van der Waals surface area contributed by atoms with Crippen LogP contribution in [0.2, 0.25) is 5.02 Å². The number of hydrogen-bond acceptors (Lipinski definition) is 6. The number of hydrogen-bond donors (Lipinski definition) is 0. The van der Waals surface area contributed by atoms with E-state index in [4.69, 9.17) is 11.6 Å². The third kappa shape index (κ3) is 5.26. The fourth-order valence-corrected chi connectivity index (χ4v) is 4.06. The van der Waals surface area contributed by atoms with Crippen LogP contribution in [0.25, 0.3) is 10.2 Å². The predicted octanol–water partition coefficient (Wildman–Crippen LogP) is 5.05. The van der Waals surface area contributed by atoms with Crippen LogP contribution >= 0.6 is 35.3 Å². The van der Waals surface area contributed by atoms with Crippen molar-refractivity contribution in [2.24, 2.45) is 0 Å². The van der Waals surface area contributed by atoms with Crippen molar-refractivity contribution in [3.05, 3.63) is 62.7 Å². The summed E-state index contributed by atoms with van der Waals surface area (Å²) in [5.74, 6) is -0.407. The van der Waals surface area contributed by atoms with E-state index in [1.807, 2.05) is 31.1 Å². The normalized spacial score (nSPS) is 10.8. The first kappa shape index (κ1) is 24.0. The van der Waals surface area contributed by atoms with E-state index in [2.05, 4.69) is 18.0 Å². The molecule has 0 aliphatic rings. The van der Waals surface area contributed by atoms with E-state index in [0.717, 1.165) is 16.6 Å². The topological polar surface area (TPSA) is 79.6 Å². The van der Waals surface area contributed by atoms with E-state index in [9.17, 15) is 14.9 Å². The first-order valence-corrected chi connectivity index (χ1v) is 10.3.